The van der Waals surface area contributed by atoms with Crippen molar-refractivity contribution in [3.63, 3.8) is 0 Å². The van der Waals surface area contributed by atoms with Crippen molar-refractivity contribution in [3.8, 4) is 0 Å². The zero-order valence-electron chi connectivity index (χ0n) is 14.3. The highest BCUT2D eigenvalue weighted by atomic mass is 19.1. The lowest BCUT2D eigenvalue weighted by atomic mass is 10.1. The van der Waals surface area contributed by atoms with E-state index in [4.69, 9.17) is 0 Å². The minimum Gasteiger partial charge on any atom is -0.355 e. The van der Waals surface area contributed by atoms with Gasteiger partial charge in [0.05, 0.1) is 0 Å². The Hall–Kier alpha value is -3.28. The van der Waals surface area contributed by atoms with Crippen molar-refractivity contribution >= 4 is 23.0 Å². The van der Waals surface area contributed by atoms with Crippen LogP contribution in [0.15, 0.2) is 54.7 Å². The van der Waals surface area contributed by atoms with E-state index in [1.54, 1.807) is 6.07 Å². The highest BCUT2D eigenvalue weighted by Crippen LogP contribution is 2.23. The van der Waals surface area contributed by atoms with Crippen LogP contribution in [0.5, 0.6) is 0 Å². The third-order valence-corrected chi connectivity index (χ3v) is 3.85. The van der Waals surface area contributed by atoms with E-state index in [1.807, 2.05) is 32.0 Å². The minimum atomic E-state index is -0.845. The van der Waals surface area contributed by atoms with E-state index in [-0.39, 0.29) is 5.69 Å². The van der Waals surface area contributed by atoms with E-state index in [0.29, 0.717) is 5.69 Å². The molecule has 6 heteroatoms. The summed E-state index contributed by atoms with van der Waals surface area (Å²) < 4.78 is 27.4. The molecule has 0 spiro atoms. The molecule has 3 rings (SSSR count). The van der Waals surface area contributed by atoms with Crippen molar-refractivity contribution in [1.29, 1.82) is 0 Å². The van der Waals surface area contributed by atoms with Crippen LogP contribution in [-0.4, -0.2) is 10.9 Å². The molecule has 0 aliphatic rings. The molecule has 0 aliphatic heterocycles. The summed E-state index contributed by atoms with van der Waals surface area (Å²) in [6.45, 7) is 3.98. The molecule has 3 aromatic rings. The van der Waals surface area contributed by atoms with Crippen molar-refractivity contribution in [2.45, 2.75) is 13.8 Å². The van der Waals surface area contributed by atoms with Crippen LogP contribution in [0.3, 0.4) is 0 Å². The lowest BCUT2D eigenvalue weighted by Gasteiger charge is -2.11. The van der Waals surface area contributed by atoms with Crippen molar-refractivity contribution in [1.82, 2.24) is 4.98 Å². The first-order valence-corrected chi connectivity index (χ1v) is 8.00. The maximum atomic E-state index is 13.7. The average molecular weight is 353 g/mol. The summed E-state index contributed by atoms with van der Waals surface area (Å²) in [5, 5.41) is 5.44. The molecule has 1 heterocycles. The van der Waals surface area contributed by atoms with Gasteiger partial charge in [-0.05, 0) is 49.7 Å². The van der Waals surface area contributed by atoms with E-state index in [2.05, 4.69) is 15.6 Å². The van der Waals surface area contributed by atoms with Gasteiger partial charge in [-0.25, -0.2) is 8.78 Å². The first-order chi connectivity index (χ1) is 12.4. The number of carbonyl (C=O) groups is 1. The molecule has 132 valence electrons. The summed E-state index contributed by atoms with van der Waals surface area (Å²) in [7, 11) is 0. The number of nitrogens with zero attached hydrogens (tertiary/aromatic N) is 1. The van der Waals surface area contributed by atoms with Crippen molar-refractivity contribution < 1.29 is 13.6 Å². The highest BCUT2D eigenvalue weighted by molar-refractivity contribution is 6.03. The van der Waals surface area contributed by atoms with Crippen LogP contribution in [0.25, 0.3) is 0 Å². The van der Waals surface area contributed by atoms with Gasteiger partial charge in [-0.3, -0.25) is 9.78 Å². The standard InChI is InChI=1S/C20H17F2N3O/c1-12-6-7-17(13(2)10-12)24-14-8-9-23-18(11-14)20(26)25-19-15(21)4-3-5-16(19)22/h3-11H,1-2H3,(H,23,24)(H,25,26). The second kappa shape index (κ2) is 7.31. The minimum absolute atomic E-state index is 0.0439. The number of para-hydroxylation sites is 1. The number of rotatable bonds is 4. The fourth-order valence-corrected chi connectivity index (χ4v) is 2.54. The Labute approximate surface area is 149 Å². The van der Waals surface area contributed by atoms with E-state index >= 15 is 0 Å². The smallest absolute Gasteiger partial charge is 0.274 e. The Morgan fingerprint density at radius 1 is 1.00 bits per heavy atom. The first kappa shape index (κ1) is 17.5. The Balaban J connectivity index is 1.81. The number of benzene rings is 2. The summed E-state index contributed by atoms with van der Waals surface area (Å²) in [6.07, 6.45) is 1.46. The van der Waals surface area contributed by atoms with Crippen LogP contribution >= 0.6 is 0 Å². The van der Waals surface area contributed by atoms with Crippen LogP contribution in [0.4, 0.5) is 25.8 Å². The van der Waals surface area contributed by atoms with Crippen LogP contribution in [0.2, 0.25) is 0 Å². The van der Waals surface area contributed by atoms with Crippen molar-refractivity contribution in [3.05, 3.63) is 83.2 Å². The first-order valence-electron chi connectivity index (χ1n) is 8.00. The molecule has 0 saturated heterocycles. The van der Waals surface area contributed by atoms with E-state index in [9.17, 15) is 13.6 Å². The third-order valence-electron chi connectivity index (χ3n) is 3.85. The number of aromatic nitrogens is 1. The van der Waals surface area contributed by atoms with Gasteiger partial charge in [0.25, 0.3) is 5.91 Å². The SMILES string of the molecule is Cc1ccc(Nc2ccnc(C(=O)Nc3c(F)cccc3F)c2)c(C)c1. The molecule has 0 saturated carbocycles. The number of pyridine rings is 1. The highest BCUT2D eigenvalue weighted by Gasteiger charge is 2.14. The maximum Gasteiger partial charge on any atom is 0.274 e. The molecule has 0 atom stereocenters. The van der Waals surface area contributed by atoms with Crippen molar-refractivity contribution in [2.24, 2.45) is 0 Å². The lowest BCUT2D eigenvalue weighted by molar-refractivity contribution is 0.102. The number of nitrogens with one attached hydrogen (secondary N) is 2. The largest absolute Gasteiger partial charge is 0.355 e. The second-order valence-electron chi connectivity index (χ2n) is 5.92. The average Bonchev–Trinajstić information content (AvgIpc) is 2.61. The van der Waals surface area contributed by atoms with Gasteiger partial charge in [-0.15, -0.1) is 0 Å². The van der Waals surface area contributed by atoms with Gasteiger partial charge in [0, 0.05) is 17.6 Å². The van der Waals surface area contributed by atoms with Crippen LogP contribution in [0.1, 0.15) is 21.6 Å². The molecule has 0 unspecified atom stereocenters. The number of halogens is 2. The number of carbonyl (C=O) groups excluding carboxylic acids is 1. The third kappa shape index (κ3) is 3.85. The molecule has 26 heavy (non-hydrogen) atoms. The van der Waals surface area contributed by atoms with Crippen molar-refractivity contribution in [2.75, 3.05) is 10.6 Å². The number of amides is 1. The van der Waals surface area contributed by atoms with Crippen LogP contribution in [-0.2, 0) is 0 Å². The van der Waals surface area contributed by atoms with Gasteiger partial charge in [0.15, 0.2) is 0 Å². The topological polar surface area (TPSA) is 54.0 Å². The van der Waals surface area contributed by atoms with Gasteiger partial charge < -0.3 is 10.6 Å². The van der Waals surface area contributed by atoms with Crippen LogP contribution in [0, 0.1) is 25.5 Å². The molecule has 1 amide bonds. The zero-order valence-corrected chi connectivity index (χ0v) is 14.3. The fraction of sp³-hybridized carbons (Fsp3) is 0.100. The fourth-order valence-electron chi connectivity index (χ4n) is 2.54. The molecule has 2 aromatic carbocycles. The maximum absolute atomic E-state index is 13.7. The normalized spacial score (nSPS) is 10.5. The molecular weight excluding hydrogens is 336 g/mol. The van der Waals surface area contributed by atoms with E-state index < -0.39 is 23.2 Å². The summed E-state index contributed by atoms with van der Waals surface area (Å²) in [5.74, 6) is -2.39. The summed E-state index contributed by atoms with van der Waals surface area (Å²) >= 11 is 0. The molecule has 0 bridgehead atoms. The monoisotopic (exact) mass is 353 g/mol. The number of aryl methyl sites for hydroxylation is 2. The van der Waals surface area contributed by atoms with E-state index in [0.717, 1.165) is 28.9 Å². The predicted molar refractivity (Wildman–Crippen MR) is 97.7 cm³/mol. The Bertz CT molecular complexity index is 953. The Morgan fingerprint density at radius 2 is 1.73 bits per heavy atom. The Kier molecular flexibility index (Phi) is 4.93. The molecule has 0 fully saturated rings. The van der Waals surface area contributed by atoms with Crippen LogP contribution < -0.4 is 10.6 Å². The van der Waals surface area contributed by atoms with Gasteiger partial charge in [-0.1, -0.05) is 23.8 Å². The summed E-state index contributed by atoms with van der Waals surface area (Å²) in [5.41, 5.74) is 3.30. The molecule has 0 aliphatic carbocycles. The van der Waals surface area contributed by atoms with Gasteiger partial charge in [0.1, 0.15) is 23.0 Å². The van der Waals surface area contributed by atoms with Gasteiger partial charge in [0.2, 0.25) is 0 Å². The number of anilines is 3. The van der Waals surface area contributed by atoms with Gasteiger partial charge >= 0.3 is 0 Å². The molecule has 0 radical (unpaired) electrons. The molecule has 4 nitrogen and oxygen atoms in total. The molecular formula is C20H17F2N3O. The van der Waals surface area contributed by atoms with Gasteiger partial charge in [-0.2, -0.15) is 0 Å². The number of hydrogen-bond donors (Lipinski definition) is 2. The predicted octanol–water partition coefficient (Wildman–Crippen LogP) is 4.97. The summed E-state index contributed by atoms with van der Waals surface area (Å²) in [6, 6.07) is 12.6. The lowest BCUT2D eigenvalue weighted by Crippen LogP contribution is -2.16. The summed E-state index contributed by atoms with van der Waals surface area (Å²) in [4.78, 5) is 16.3. The zero-order chi connectivity index (χ0) is 18.7. The quantitative estimate of drug-likeness (QED) is 0.696. The molecule has 2 N–H and O–H groups in total. The van der Waals surface area contributed by atoms with E-state index in [1.165, 1.54) is 18.3 Å². The second-order valence-corrected chi connectivity index (χ2v) is 5.92. The molecule has 1 aromatic heterocycles. The number of hydrogen-bond acceptors (Lipinski definition) is 3. The Morgan fingerprint density at radius 3 is 2.42 bits per heavy atom.